The number of aliphatic imine (C=N–C) groups is 1. The van der Waals surface area contributed by atoms with Crippen LogP contribution < -0.4 is 5.32 Å². The van der Waals surface area contributed by atoms with Crippen LogP contribution in [0.2, 0.25) is 0 Å². The Morgan fingerprint density at radius 1 is 1.18 bits per heavy atom. The van der Waals surface area contributed by atoms with Crippen molar-refractivity contribution in [3.8, 4) is 0 Å². The third-order valence-electron chi connectivity index (χ3n) is 6.06. The summed E-state index contributed by atoms with van der Waals surface area (Å²) in [6, 6.07) is 10.8. The van der Waals surface area contributed by atoms with E-state index in [1.807, 2.05) is 4.90 Å². The first-order chi connectivity index (χ1) is 13.8. The Morgan fingerprint density at radius 3 is 2.61 bits per heavy atom. The van der Waals surface area contributed by atoms with Gasteiger partial charge in [0.25, 0.3) is 5.91 Å². The minimum Gasteiger partial charge on any atom is -0.368 e. The van der Waals surface area contributed by atoms with Crippen LogP contribution in [0.1, 0.15) is 37.7 Å². The molecule has 1 aromatic rings. The van der Waals surface area contributed by atoms with Gasteiger partial charge in [-0.15, -0.1) is 0 Å². The normalized spacial score (nSPS) is 27.8. The van der Waals surface area contributed by atoms with Gasteiger partial charge in [-0.2, -0.15) is 0 Å². The molecule has 1 saturated carbocycles. The molecular formula is C22H32N4O2. The monoisotopic (exact) mass is 384 g/mol. The highest BCUT2D eigenvalue weighted by molar-refractivity contribution is 5.82. The van der Waals surface area contributed by atoms with Crippen LogP contribution in [0, 0.1) is 5.92 Å². The molecule has 4 rings (SSSR count). The fourth-order valence-electron chi connectivity index (χ4n) is 4.30. The van der Waals surface area contributed by atoms with Crippen molar-refractivity contribution in [3.63, 3.8) is 0 Å². The molecule has 2 aliphatic heterocycles. The van der Waals surface area contributed by atoms with Crippen LogP contribution in [-0.4, -0.2) is 73.6 Å². The Morgan fingerprint density at radius 2 is 1.93 bits per heavy atom. The molecule has 3 fully saturated rings. The molecule has 1 aromatic carbocycles. The van der Waals surface area contributed by atoms with Crippen LogP contribution in [0.3, 0.4) is 0 Å². The van der Waals surface area contributed by atoms with E-state index in [9.17, 15) is 4.79 Å². The van der Waals surface area contributed by atoms with Crippen LogP contribution >= 0.6 is 0 Å². The first kappa shape index (κ1) is 19.2. The van der Waals surface area contributed by atoms with Crippen LogP contribution in [0.5, 0.6) is 0 Å². The molecule has 0 spiro atoms. The molecule has 2 heterocycles. The fourth-order valence-corrected chi connectivity index (χ4v) is 4.30. The number of rotatable bonds is 5. The quantitative estimate of drug-likeness (QED) is 0.624. The smallest absolute Gasteiger partial charge is 0.251 e. The van der Waals surface area contributed by atoms with Gasteiger partial charge in [-0.25, -0.2) is 0 Å². The predicted octanol–water partition coefficient (Wildman–Crippen LogP) is 2.08. The summed E-state index contributed by atoms with van der Waals surface area (Å²) in [4.78, 5) is 21.7. The lowest BCUT2D eigenvalue weighted by molar-refractivity contribution is -0.142. The molecule has 0 bridgehead atoms. The van der Waals surface area contributed by atoms with E-state index in [4.69, 9.17) is 9.73 Å². The molecule has 2 saturated heterocycles. The standard InChI is InChI=1S/C22H32N4O2/c1-2-23-22(24-16-18-15-19(18)17-7-4-3-5-8-17)26-12-10-25(11-13-26)21(27)20-9-6-14-28-20/h3-5,7-8,18-20H,2,6,9-16H2,1H3,(H,23,24). The van der Waals surface area contributed by atoms with Gasteiger partial charge in [0, 0.05) is 45.9 Å². The van der Waals surface area contributed by atoms with Gasteiger partial charge >= 0.3 is 0 Å². The van der Waals surface area contributed by atoms with Gasteiger partial charge in [-0.1, -0.05) is 30.3 Å². The van der Waals surface area contributed by atoms with Crippen molar-refractivity contribution in [1.82, 2.24) is 15.1 Å². The van der Waals surface area contributed by atoms with Gasteiger partial charge in [0.05, 0.1) is 0 Å². The first-order valence-electron chi connectivity index (χ1n) is 10.7. The molecule has 3 aliphatic rings. The fraction of sp³-hybridized carbons (Fsp3) is 0.636. The summed E-state index contributed by atoms with van der Waals surface area (Å²) in [6.45, 7) is 7.72. The average molecular weight is 385 g/mol. The third-order valence-corrected chi connectivity index (χ3v) is 6.06. The zero-order valence-corrected chi connectivity index (χ0v) is 16.8. The van der Waals surface area contributed by atoms with Crippen molar-refractivity contribution in [1.29, 1.82) is 0 Å². The Labute approximate surface area is 167 Å². The lowest BCUT2D eigenvalue weighted by Gasteiger charge is -2.37. The van der Waals surface area contributed by atoms with E-state index >= 15 is 0 Å². The molecule has 3 atom stereocenters. The molecule has 1 amide bonds. The summed E-state index contributed by atoms with van der Waals surface area (Å²) in [6.07, 6.45) is 2.89. The highest BCUT2D eigenvalue weighted by Crippen LogP contribution is 2.47. The van der Waals surface area contributed by atoms with Crippen LogP contribution in [0.4, 0.5) is 0 Å². The number of ether oxygens (including phenoxy) is 1. The van der Waals surface area contributed by atoms with Gasteiger partial charge in [0.15, 0.2) is 5.96 Å². The maximum absolute atomic E-state index is 12.5. The van der Waals surface area contributed by atoms with Gasteiger partial charge in [-0.3, -0.25) is 9.79 Å². The minimum atomic E-state index is -0.210. The molecule has 28 heavy (non-hydrogen) atoms. The summed E-state index contributed by atoms with van der Waals surface area (Å²) in [5.41, 5.74) is 1.44. The van der Waals surface area contributed by atoms with Crippen molar-refractivity contribution in [3.05, 3.63) is 35.9 Å². The number of piperazine rings is 1. The van der Waals surface area contributed by atoms with E-state index < -0.39 is 0 Å². The van der Waals surface area contributed by atoms with E-state index in [0.29, 0.717) is 11.8 Å². The first-order valence-corrected chi connectivity index (χ1v) is 10.7. The number of hydrogen-bond acceptors (Lipinski definition) is 3. The SMILES string of the molecule is CCNC(=NCC1CC1c1ccccc1)N1CCN(C(=O)C2CCCO2)CC1. The Balaban J connectivity index is 1.29. The van der Waals surface area contributed by atoms with Gasteiger partial charge in [-0.05, 0) is 43.6 Å². The van der Waals surface area contributed by atoms with E-state index in [2.05, 4.69) is 47.5 Å². The number of benzene rings is 1. The number of nitrogens with one attached hydrogen (secondary N) is 1. The van der Waals surface area contributed by atoms with Gasteiger partial charge in [0.2, 0.25) is 0 Å². The number of amides is 1. The predicted molar refractivity (Wildman–Crippen MR) is 110 cm³/mol. The molecule has 0 radical (unpaired) electrons. The Bertz CT molecular complexity index is 679. The Hall–Kier alpha value is -2.08. The van der Waals surface area contributed by atoms with Crippen molar-refractivity contribution < 1.29 is 9.53 Å². The second kappa shape index (κ2) is 8.95. The molecule has 6 nitrogen and oxygen atoms in total. The second-order valence-electron chi connectivity index (χ2n) is 8.02. The number of guanidine groups is 1. The molecule has 1 aliphatic carbocycles. The van der Waals surface area contributed by atoms with Crippen LogP contribution in [0.25, 0.3) is 0 Å². The maximum Gasteiger partial charge on any atom is 0.251 e. The lowest BCUT2D eigenvalue weighted by Crippen LogP contribution is -2.55. The summed E-state index contributed by atoms with van der Waals surface area (Å²) >= 11 is 0. The minimum absolute atomic E-state index is 0.169. The molecular weight excluding hydrogens is 352 g/mol. The van der Waals surface area contributed by atoms with Crippen molar-refractivity contribution in [2.45, 2.75) is 38.2 Å². The molecule has 3 unspecified atom stereocenters. The number of carbonyl (C=O) groups is 1. The third kappa shape index (κ3) is 4.49. The van der Waals surface area contributed by atoms with Crippen molar-refractivity contribution in [2.75, 3.05) is 45.9 Å². The number of nitrogens with zero attached hydrogens (tertiary/aromatic N) is 3. The topological polar surface area (TPSA) is 57.2 Å². The zero-order valence-electron chi connectivity index (χ0n) is 16.8. The van der Waals surface area contributed by atoms with E-state index in [0.717, 1.165) is 64.7 Å². The van der Waals surface area contributed by atoms with Crippen LogP contribution in [0.15, 0.2) is 35.3 Å². The second-order valence-corrected chi connectivity index (χ2v) is 8.02. The number of carbonyl (C=O) groups excluding carboxylic acids is 1. The van der Waals surface area contributed by atoms with Crippen LogP contribution in [-0.2, 0) is 9.53 Å². The van der Waals surface area contributed by atoms with Crippen molar-refractivity contribution >= 4 is 11.9 Å². The van der Waals surface area contributed by atoms with Crippen molar-refractivity contribution in [2.24, 2.45) is 10.9 Å². The maximum atomic E-state index is 12.5. The molecule has 1 N–H and O–H groups in total. The highest BCUT2D eigenvalue weighted by atomic mass is 16.5. The molecule has 152 valence electrons. The Kier molecular flexibility index (Phi) is 6.15. The summed E-state index contributed by atoms with van der Waals surface area (Å²) in [5, 5.41) is 3.44. The van der Waals surface area contributed by atoms with E-state index in [-0.39, 0.29) is 12.0 Å². The van der Waals surface area contributed by atoms with Gasteiger partial charge < -0.3 is 19.9 Å². The largest absolute Gasteiger partial charge is 0.368 e. The van der Waals surface area contributed by atoms with E-state index in [1.165, 1.54) is 12.0 Å². The summed E-state index contributed by atoms with van der Waals surface area (Å²) < 4.78 is 5.56. The summed E-state index contributed by atoms with van der Waals surface area (Å²) in [5.74, 6) is 2.47. The molecule has 0 aromatic heterocycles. The van der Waals surface area contributed by atoms with E-state index in [1.54, 1.807) is 0 Å². The zero-order chi connectivity index (χ0) is 19.3. The van der Waals surface area contributed by atoms with Gasteiger partial charge in [0.1, 0.15) is 6.10 Å². The highest BCUT2D eigenvalue weighted by Gasteiger charge is 2.38. The average Bonchev–Trinajstić information content (AvgIpc) is 3.31. The summed E-state index contributed by atoms with van der Waals surface area (Å²) in [7, 11) is 0. The molecule has 6 heteroatoms. The number of hydrogen-bond donors (Lipinski definition) is 1. The lowest BCUT2D eigenvalue weighted by atomic mass is 10.1.